The van der Waals surface area contributed by atoms with Crippen LogP contribution in [0.5, 0.6) is 5.75 Å². The molecule has 9 nitrogen and oxygen atoms in total. The lowest BCUT2D eigenvalue weighted by Gasteiger charge is -2.29. The van der Waals surface area contributed by atoms with Gasteiger partial charge in [0.2, 0.25) is 11.8 Å². The summed E-state index contributed by atoms with van der Waals surface area (Å²) >= 11 is 0. The van der Waals surface area contributed by atoms with Crippen molar-refractivity contribution in [2.24, 2.45) is 5.73 Å². The maximum absolute atomic E-state index is 13.3. The van der Waals surface area contributed by atoms with Gasteiger partial charge < -0.3 is 30.3 Å². The van der Waals surface area contributed by atoms with Crippen LogP contribution in [0.25, 0.3) is 0 Å². The van der Waals surface area contributed by atoms with Gasteiger partial charge in [0.1, 0.15) is 18.4 Å². The first-order chi connectivity index (χ1) is 14.5. The number of nitrogens with two attached hydrogens (primary N) is 1. The van der Waals surface area contributed by atoms with E-state index < -0.39 is 6.04 Å². The van der Waals surface area contributed by atoms with E-state index >= 15 is 0 Å². The van der Waals surface area contributed by atoms with Gasteiger partial charge >= 0.3 is 0 Å². The van der Waals surface area contributed by atoms with Gasteiger partial charge in [-0.1, -0.05) is 0 Å². The number of hydrogen-bond acceptors (Lipinski definition) is 6. The molecule has 1 saturated heterocycles. The highest BCUT2D eigenvalue weighted by Crippen LogP contribution is 2.35. The lowest BCUT2D eigenvalue weighted by atomic mass is 10.1. The minimum Gasteiger partial charge on any atom is -0.497 e. The monoisotopic (exact) mass is 418 g/mol. The molecule has 1 aliphatic heterocycles. The minimum absolute atomic E-state index is 0.0905. The second-order valence-corrected chi connectivity index (χ2v) is 7.64. The molecule has 1 heterocycles. The average molecular weight is 418 g/mol. The zero-order valence-corrected chi connectivity index (χ0v) is 17.5. The number of nitrogens with one attached hydrogen (secondary N) is 1. The van der Waals surface area contributed by atoms with E-state index in [0.717, 1.165) is 12.8 Å². The maximum Gasteiger partial charge on any atom is 0.254 e. The summed E-state index contributed by atoms with van der Waals surface area (Å²) in [7, 11) is 3.02. The third-order valence-corrected chi connectivity index (χ3v) is 5.52. The van der Waals surface area contributed by atoms with Gasteiger partial charge in [0.25, 0.3) is 5.91 Å². The predicted octanol–water partition coefficient (Wildman–Crippen LogP) is -0.00940. The fraction of sp³-hybridized carbons (Fsp3) is 0.571. The average Bonchev–Trinajstić information content (AvgIpc) is 3.49. The molecule has 0 spiro atoms. The number of likely N-dealkylation sites (tertiary alicyclic amines) is 1. The summed E-state index contributed by atoms with van der Waals surface area (Å²) in [6.07, 6.45) is 2.24. The molecule has 164 valence electrons. The Labute approximate surface area is 176 Å². The molecular formula is C21H30N4O5. The summed E-state index contributed by atoms with van der Waals surface area (Å²) in [6, 6.07) is 6.25. The molecular weight excluding hydrogens is 388 g/mol. The lowest BCUT2D eigenvalue weighted by Crippen LogP contribution is -2.48. The zero-order valence-electron chi connectivity index (χ0n) is 17.5. The minimum atomic E-state index is -0.644. The molecule has 3 rings (SSSR count). The highest BCUT2D eigenvalue weighted by molar-refractivity contribution is 5.95. The van der Waals surface area contributed by atoms with E-state index in [9.17, 15) is 14.4 Å². The number of hydrogen-bond donors (Lipinski definition) is 2. The molecule has 1 saturated carbocycles. The number of nitrogens with zero attached hydrogens (tertiary/aromatic N) is 2. The molecule has 0 radical (unpaired) electrons. The van der Waals surface area contributed by atoms with Crippen molar-refractivity contribution in [3.05, 3.63) is 29.8 Å². The van der Waals surface area contributed by atoms with Gasteiger partial charge in [-0.3, -0.25) is 14.4 Å². The van der Waals surface area contributed by atoms with Gasteiger partial charge in [-0.15, -0.1) is 0 Å². The van der Waals surface area contributed by atoms with Gasteiger partial charge in [-0.25, -0.2) is 0 Å². The van der Waals surface area contributed by atoms with E-state index in [2.05, 4.69) is 5.32 Å². The summed E-state index contributed by atoms with van der Waals surface area (Å²) < 4.78 is 10.2. The lowest BCUT2D eigenvalue weighted by molar-refractivity contribution is -0.141. The van der Waals surface area contributed by atoms with Gasteiger partial charge in [-0.2, -0.15) is 0 Å². The number of carbonyl (C=O) groups is 3. The number of benzene rings is 1. The van der Waals surface area contributed by atoms with Gasteiger partial charge in [-0.05, 0) is 43.5 Å². The number of carbonyl (C=O) groups excluding carboxylic acids is 3. The first kappa shape index (κ1) is 22.0. The van der Waals surface area contributed by atoms with Crippen molar-refractivity contribution in [3.8, 4) is 5.75 Å². The van der Waals surface area contributed by atoms with E-state index in [1.54, 1.807) is 31.4 Å². The van der Waals surface area contributed by atoms with Crippen LogP contribution in [0, 0.1) is 0 Å². The normalized spacial score (nSPS) is 20.7. The SMILES string of the molecule is COCC(=O)N1CC(N(C(=O)c2ccc(OC)cc2)C2CC2)CC1C(=O)NCCN. The highest BCUT2D eigenvalue weighted by Gasteiger charge is 2.46. The second kappa shape index (κ2) is 9.90. The van der Waals surface area contributed by atoms with Crippen LogP contribution in [0.15, 0.2) is 24.3 Å². The van der Waals surface area contributed by atoms with Crippen molar-refractivity contribution in [2.45, 2.75) is 37.4 Å². The van der Waals surface area contributed by atoms with Crippen LogP contribution in [0.2, 0.25) is 0 Å². The van der Waals surface area contributed by atoms with Crippen molar-refractivity contribution in [1.82, 2.24) is 15.1 Å². The van der Waals surface area contributed by atoms with Gasteiger partial charge in [0.15, 0.2) is 0 Å². The van der Waals surface area contributed by atoms with Crippen LogP contribution in [0.3, 0.4) is 0 Å². The first-order valence-corrected chi connectivity index (χ1v) is 10.2. The third kappa shape index (κ3) is 4.91. The Morgan fingerprint density at radius 3 is 2.43 bits per heavy atom. The first-order valence-electron chi connectivity index (χ1n) is 10.2. The molecule has 30 heavy (non-hydrogen) atoms. The number of ether oxygens (including phenoxy) is 2. The van der Waals surface area contributed by atoms with Crippen LogP contribution in [0.4, 0.5) is 0 Å². The van der Waals surface area contributed by atoms with Crippen LogP contribution < -0.4 is 15.8 Å². The van der Waals surface area contributed by atoms with Crippen LogP contribution in [-0.4, -0.2) is 86.1 Å². The molecule has 2 atom stereocenters. The molecule has 3 N–H and O–H groups in total. The predicted molar refractivity (Wildman–Crippen MR) is 110 cm³/mol. The Morgan fingerprint density at radius 2 is 1.87 bits per heavy atom. The van der Waals surface area contributed by atoms with E-state index in [0.29, 0.717) is 37.4 Å². The van der Waals surface area contributed by atoms with Crippen LogP contribution in [0.1, 0.15) is 29.6 Å². The largest absolute Gasteiger partial charge is 0.497 e. The summed E-state index contributed by atoms with van der Waals surface area (Å²) in [5.74, 6) is 0.0752. The van der Waals surface area contributed by atoms with Gasteiger partial charge in [0, 0.05) is 38.3 Å². The van der Waals surface area contributed by atoms with Crippen molar-refractivity contribution in [1.29, 1.82) is 0 Å². The molecule has 1 aliphatic carbocycles. The van der Waals surface area contributed by atoms with E-state index in [4.69, 9.17) is 15.2 Å². The summed E-state index contributed by atoms with van der Waals surface area (Å²) in [5, 5.41) is 2.76. The Morgan fingerprint density at radius 1 is 1.17 bits per heavy atom. The Bertz CT molecular complexity index is 765. The van der Waals surface area contributed by atoms with E-state index in [1.165, 1.54) is 12.0 Å². The molecule has 0 bridgehead atoms. The quantitative estimate of drug-likeness (QED) is 0.583. The fourth-order valence-electron chi connectivity index (χ4n) is 3.92. The summed E-state index contributed by atoms with van der Waals surface area (Å²) in [6.45, 7) is 0.853. The van der Waals surface area contributed by atoms with E-state index in [1.807, 2.05) is 4.90 Å². The fourth-order valence-corrected chi connectivity index (χ4v) is 3.92. The van der Waals surface area contributed by atoms with E-state index in [-0.39, 0.29) is 36.4 Å². The molecule has 9 heteroatoms. The Balaban J connectivity index is 1.80. The highest BCUT2D eigenvalue weighted by atomic mass is 16.5. The molecule has 1 aromatic carbocycles. The molecule has 3 amide bonds. The zero-order chi connectivity index (χ0) is 21.7. The Hall–Kier alpha value is -2.65. The second-order valence-electron chi connectivity index (χ2n) is 7.64. The van der Waals surface area contributed by atoms with Crippen LogP contribution >= 0.6 is 0 Å². The molecule has 1 aromatic rings. The Kier molecular flexibility index (Phi) is 7.28. The van der Waals surface area contributed by atoms with Crippen molar-refractivity contribution in [2.75, 3.05) is 40.5 Å². The molecule has 2 fully saturated rings. The number of amides is 3. The standard InChI is InChI=1S/C21H30N4O5/c1-29-13-19(26)24-12-16(11-18(24)20(27)23-10-9-22)25(15-5-6-15)21(28)14-3-7-17(30-2)8-4-14/h3-4,7-8,15-16,18H,5-6,9-13,22H2,1-2H3,(H,23,27). The third-order valence-electron chi connectivity index (χ3n) is 5.52. The van der Waals surface area contributed by atoms with Crippen molar-refractivity contribution >= 4 is 17.7 Å². The van der Waals surface area contributed by atoms with Crippen LogP contribution in [-0.2, 0) is 14.3 Å². The summed E-state index contributed by atoms with van der Waals surface area (Å²) in [4.78, 5) is 41.9. The van der Waals surface area contributed by atoms with Crippen molar-refractivity contribution < 1.29 is 23.9 Å². The summed E-state index contributed by atoms with van der Waals surface area (Å²) in [5.41, 5.74) is 6.05. The maximum atomic E-state index is 13.3. The molecule has 2 aliphatic rings. The molecule has 0 aromatic heterocycles. The molecule has 2 unspecified atom stereocenters. The van der Waals surface area contributed by atoms with Gasteiger partial charge in [0.05, 0.1) is 13.2 Å². The number of methoxy groups -OCH3 is 2. The topological polar surface area (TPSA) is 114 Å². The smallest absolute Gasteiger partial charge is 0.254 e. The van der Waals surface area contributed by atoms with Crippen molar-refractivity contribution in [3.63, 3.8) is 0 Å². The number of rotatable bonds is 9.